The summed E-state index contributed by atoms with van der Waals surface area (Å²) >= 11 is 1.30. The van der Waals surface area contributed by atoms with Gasteiger partial charge in [-0.15, -0.1) is 0 Å². The molecule has 27 heavy (non-hydrogen) atoms. The smallest absolute Gasteiger partial charge is 0.292 e. The molecule has 0 bridgehead atoms. The minimum Gasteiger partial charge on any atom is -0.485 e. The molecule has 0 spiro atoms. The van der Waals surface area contributed by atoms with E-state index >= 15 is 0 Å². The van der Waals surface area contributed by atoms with Crippen molar-refractivity contribution in [2.24, 2.45) is 4.99 Å². The molecule has 0 saturated carbocycles. The normalized spacial score (nSPS) is 16.5. The van der Waals surface area contributed by atoms with E-state index in [1.54, 1.807) is 28.8 Å². The fraction of sp³-hybridized carbons (Fsp3) is 0.222. The van der Waals surface area contributed by atoms with Crippen LogP contribution in [0.4, 0.5) is 5.69 Å². The third-order valence-electron chi connectivity index (χ3n) is 4.18. The Kier molecular flexibility index (Phi) is 4.36. The van der Waals surface area contributed by atoms with Crippen LogP contribution in [-0.2, 0) is 11.3 Å². The van der Waals surface area contributed by atoms with Crippen LogP contribution >= 0.6 is 11.3 Å². The van der Waals surface area contributed by atoms with Gasteiger partial charge in [-0.25, -0.2) is 0 Å². The van der Waals surface area contributed by atoms with Crippen molar-refractivity contribution < 1.29 is 19.2 Å². The van der Waals surface area contributed by atoms with Crippen LogP contribution in [0.5, 0.6) is 11.5 Å². The zero-order valence-corrected chi connectivity index (χ0v) is 15.1. The van der Waals surface area contributed by atoms with Gasteiger partial charge in [0.15, 0.2) is 16.3 Å². The van der Waals surface area contributed by atoms with Crippen LogP contribution in [0.2, 0.25) is 0 Å². The number of aromatic nitrogens is 1. The molecule has 1 aliphatic heterocycles. The van der Waals surface area contributed by atoms with Gasteiger partial charge in [0.25, 0.3) is 11.6 Å². The molecule has 0 radical (unpaired) electrons. The molecule has 1 aromatic heterocycles. The number of ether oxygens (including phenoxy) is 2. The number of benzene rings is 2. The fourth-order valence-electron chi connectivity index (χ4n) is 2.87. The quantitative estimate of drug-likeness (QED) is 0.510. The third-order valence-corrected chi connectivity index (χ3v) is 5.24. The van der Waals surface area contributed by atoms with Crippen molar-refractivity contribution in [3.8, 4) is 11.5 Å². The van der Waals surface area contributed by atoms with Crippen molar-refractivity contribution >= 4 is 33.1 Å². The minimum atomic E-state index is -0.829. The Morgan fingerprint density at radius 1 is 1.33 bits per heavy atom. The Hall–Kier alpha value is -3.20. The van der Waals surface area contributed by atoms with Crippen molar-refractivity contribution in [3.05, 3.63) is 57.4 Å². The number of carbonyl (C=O) groups is 1. The topological polar surface area (TPSA) is 96.0 Å². The van der Waals surface area contributed by atoms with Gasteiger partial charge in [0, 0.05) is 18.7 Å². The van der Waals surface area contributed by atoms with Gasteiger partial charge >= 0.3 is 0 Å². The van der Waals surface area contributed by atoms with Crippen LogP contribution in [0, 0.1) is 10.1 Å². The van der Waals surface area contributed by atoms with E-state index in [4.69, 9.17) is 9.47 Å². The Morgan fingerprint density at radius 3 is 2.85 bits per heavy atom. The maximum absolute atomic E-state index is 12.6. The Labute approximate surface area is 157 Å². The summed E-state index contributed by atoms with van der Waals surface area (Å²) in [6, 6.07) is 11.8. The zero-order valence-electron chi connectivity index (χ0n) is 14.3. The predicted molar refractivity (Wildman–Crippen MR) is 99.1 cm³/mol. The Morgan fingerprint density at radius 2 is 2.11 bits per heavy atom. The number of carbonyl (C=O) groups excluding carboxylic acids is 1. The molecule has 0 aliphatic carbocycles. The fourth-order valence-corrected chi connectivity index (χ4v) is 3.95. The van der Waals surface area contributed by atoms with Crippen LogP contribution in [0.1, 0.15) is 6.92 Å². The lowest BCUT2D eigenvalue weighted by atomic mass is 10.2. The third kappa shape index (κ3) is 3.17. The summed E-state index contributed by atoms with van der Waals surface area (Å²) in [7, 11) is 0. The molecule has 4 rings (SSSR count). The van der Waals surface area contributed by atoms with E-state index in [-0.39, 0.29) is 12.3 Å². The van der Waals surface area contributed by atoms with Gasteiger partial charge in [0.2, 0.25) is 6.10 Å². The lowest BCUT2D eigenvalue weighted by molar-refractivity contribution is -0.384. The Balaban J connectivity index is 1.70. The van der Waals surface area contributed by atoms with Crippen molar-refractivity contribution in [2.45, 2.75) is 19.6 Å². The first-order valence-electron chi connectivity index (χ1n) is 8.31. The molecule has 1 unspecified atom stereocenters. The van der Waals surface area contributed by atoms with Crippen molar-refractivity contribution in [1.29, 1.82) is 0 Å². The summed E-state index contributed by atoms with van der Waals surface area (Å²) in [5.74, 6) is 0.653. The summed E-state index contributed by atoms with van der Waals surface area (Å²) in [5.41, 5.74) is 0.676. The maximum atomic E-state index is 12.6. The Bertz CT molecular complexity index is 1120. The molecule has 9 heteroatoms. The molecule has 1 atom stereocenters. The number of hydrogen-bond acceptors (Lipinski definition) is 6. The lowest BCUT2D eigenvalue weighted by Crippen LogP contribution is -2.36. The number of nitro groups is 1. The van der Waals surface area contributed by atoms with Crippen LogP contribution in [0.25, 0.3) is 10.2 Å². The van der Waals surface area contributed by atoms with Crippen molar-refractivity contribution in [2.75, 3.05) is 6.61 Å². The molecule has 1 amide bonds. The van der Waals surface area contributed by atoms with Crippen LogP contribution in [-0.4, -0.2) is 28.1 Å². The molecule has 0 saturated heterocycles. The molecular weight excluding hydrogens is 370 g/mol. The maximum Gasteiger partial charge on any atom is 0.292 e. The molecule has 0 fully saturated rings. The number of rotatable bonds is 3. The van der Waals surface area contributed by atoms with Gasteiger partial charge < -0.3 is 14.0 Å². The summed E-state index contributed by atoms with van der Waals surface area (Å²) in [4.78, 5) is 27.9. The first kappa shape index (κ1) is 17.2. The number of nitrogens with zero attached hydrogens (tertiary/aromatic N) is 3. The highest BCUT2D eigenvalue weighted by atomic mass is 32.1. The van der Waals surface area contributed by atoms with Crippen LogP contribution in [0.15, 0.2) is 47.5 Å². The number of amides is 1. The first-order chi connectivity index (χ1) is 13.1. The number of non-ortho nitro benzene ring substituents is 1. The predicted octanol–water partition coefficient (Wildman–Crippen LogP) is 2.90. The van der Waals surface area contributed by atoms with Crippen LogP contribution in [0.3, 0.4) is 0 Å². The molecule has 0 N–H and O–H groups in total. The van der Waals surface area contributed by atoms with Crippen LogP contribution < -0.4 is 14.3 Å². The number of fused-ring (bicyclic) bond motifs is 2. The average Bonchev–Trinajstić information content (AvgIpc) is 3.03. The standard InChI is InChI=1S/C18H15N3O5S/c1-2-20-12-9-11(21(23)24)7-8-16(12)27-18(20)19-17(22)15-10-25-13-5-3-4-6-14(13)26-15/h3-9,15H,2,10H2,1H3. The molecule has 138 valence electrons. The summed E-state index contributed by atoms with van der Waals surface area (Å²) in [6.07, 6.45) is -0.829. The highest BCUT2D eigenvalue weighted by Gasteiger charge is 2.27. The van der Waals surface area contributed by atoms with E-state index in [1.165, 1.54) is 23.5 Å². The van der Waals surface area contributed by atoms with Gasteiger partial charge in [0.1, 0.15) is 6.61 Å². The molecule has 3 aromatic rings. The van der Waals surface area contributed by atoms with Crippen molar-refractivity contribution in [1.82, 2.24) is 4.57 Å². The molecular formula is C18H15N3O5S. The van der Waals surface area contributed by atoms with Gasteiger partial charge in [-0.05, 0) is 25.1 Å². The van der Waals surface area contributed by atoms with Gasteiger partial charge in [-0.1, -0.05) is 23.5 Å². The molecule has 8 nitrogen and oxygen atoms in total. The molecule has 1 aliphatic rings. The van der Waals surface area contributed by atoms with E-state index in [1.807, 2.05) is 13.0 Å². The van der Waals surface area contributed by atoms with E-state index in [9.17, 15) is 14.9 Å². The van der Waals surface area contributed by atoms with Crippen molar-refractivity contribution in [3.63, 3.8) is 0 Å². The summed E-state index contributed by atoms with van der Waals surface area (Å²) in [5, 5.41) is 11.0. The largest absolute Gasteiger partial charge is 0.485 e. The van der Waals surface area contributed by atoms with E-state index in [0.717, 1.165) is 4.70 Å². The van der Waals surface area contributed by atoms with E-state index < -0.39 is 16.9 Å². The second-order valence-electron chi connectivity index (χ2n) is 5.85. The number of nitro benzene ring substituents is 1. The zero-order chi connectivity index (χ0) is 19.0. The van der Waals surface area contributed by atoms with E-state index in [2.05, 4.69) is 4.99 Å². The van der Waals surface area contributed by atoms with Gasteiger partial charge in [0.05, 0.1) is 15.1 Å². The molecule has 2 aromatic carbocycles. The van der Waals surface area contributed by atoms with E-state index in [0.29, 0.717) is 28.4 Å². The lowest BCUT2D eigenvalue weighted by Gasteiger charge is -2.23. The van der Waals surface area contributed by atoms with Gasteiger partial charge in [-0.3, -0.25) is 14.9 Å². The average molecular weight is 385 g/mol. The summed E-state index contributed by atoms with van der Waals surface area (Å²) < 4.78 is 13.9. The highest BCUT2D eigenvalue weighted by molar-refractivity contribution is 7.16. The monoisotopic (exact) mass is 385 g/mol. The SMILES string of the molecule is CCn1c(=NC(=O)C2COc3ccccc3O2)sc2ccc([N+](=O)[O-])cc21. The highest BCUT2D eigenvalue weighted by Crippen LogP contribution is 2.31. The minimum absolute atomic E-state index is 0.000924. The second-order valence-corrected chi connectivity index (χ2v) is 6.86. The number of aryl methyl sites for hydroxylation is 1. The summed E-state index contributed by atoms with van der Waals surface area (Å²) in [6.45, 7) is 2.50. The second kappa shape index (κ2) is 6.84. The molecule has 2 heterocycles. The first-order valence-corrected chi connectivity index (χ1v) is 9.13. The number of hydrogen-bond donors (Lipinski definition) is 0. The van der Waals surface area contributed by atoms with Gasteiger partial charge in [-0.2, -0.15) is 4.99 Å². The number of para-hydroxylation sites is 2. The number of thiazole rings is 1.